The Balaban J connectivity index is 1.91. The van der Waals surface area contributed by atoms with Gasteiger partial charge in [0, 0.05) is 13.2 Å². The molecule has 1 aliphatic rings. The molecule has 0 aromatic carbocycles. The second-order valence-corrected chi connectivity index (χ2v) is 3.70. The van der Waals surface area contributed by atoms with E-state index in [1.54, 1.807) is 0 Å². The van der Waals surface area contributed by atoms with Crippen LogP contribution < -0.4 is 5.32 Å². The molecule has 76 valence electrons. The molecule has 1 heterocycles. The Hall–Kier alpha value is -0.340. The van der Waals surface area contributed by atoms with Crippen LogP contribution in [-0.2, 0) is 4.74 Å². The third kappa shape index (κ3) is 4.44. The van der Waals surface area contributed by atoms with Crippen LogP contribution >= 0.6 is 0 Å². The molecule has 0 saturated carbocycles. The van der Waals surface area contributed by atoms with Crippen LogP contribution in [0.25, 0.3) is 0 Å². The van der Waals surface area contributed by atoms with E-state index in [0.29, 0.717) is 6.10 Å². The Bertz CT molecular complexity index is 150. The fourth-order valence-corrected chi connectivity index (χ4v) is 1.53. The van der Waals surface area contributed by atoms with Crippen molar-refractivity contribution in [3.8, 4) is 0 Å². The number of nitrogens with one attached hydrogen (secondary N) is 1. The van der Waals surface area contributed by atoms with Gasteiger partial charge in [0.05, 0.1) is 6.10 Å². The summed E-state index contributed by atoms with van der Waals surface area (Å²) in [5, 5.41) is 3.38. The molecular weight excluding hydrogens is 162 g/mol. The molecule has 0 aromatic rings. The molecule has 2 heteroatoms. The molecule has 13 heavy (non-hydrogen) atoms. The topological polar surface area (TPSA) is 21.3 Å². The third-order valence-corrected chi connectivity index (χ3v) is 2.54. The summed E-state index contributed by atoms with van der Waals surface area (Å²) in [5.74, 6) is 0. The van der Waals surface area contributed by atoms with Crippen LogP contribution in [0.4, 0.5) is 0 Å². The van der Waals surface area contributed by atoms with Crippen molar-refractivity contribution >= 4 is 0 Å². The highest BCUT2D eigenvalue weighted by atomic mass is 16.5. The zero-order valence-electron chi connectivity index (χ0n) is 8.64. The highest BCUT2D eigenvalue weighted by molar-refractivity contribution is 4.94. The number of hydrogen-bond donors (Lipinski definition) is 1. The van der Waals surface area contributed by atoms with Gasteiger partial charge < -0.3 is 10.1 Å². The molecule has 0 aliphatic carbocycles. The maximum atomic E-state index is 5.52. The molecule has 0 aromatic heterocycles. The molecule has 0 amide bonds. The monoisotopic (exact) mass is 183 g/mol. The van der Waals surface area contributed by atoms with Crippen LogP contribution in [0.2, 0.25) is 0 Å². The first-order chi connectivity index (χ1) is 6.33. The van der Waals surface area contributed by atoms with E-state index in [-0.39, 0.29) is 0 Å². The Morgan fingerprint density at radius 2 is 2.46 bits per heavy atom. The van der Waals surface area contributed by atoms with Gasteiger partial charge in [-0.25, -0.2) is 0 Å². The molecule has 2 nitrogen and oxygen atoms in total. The van der Waals surface area contributed by atoms with Crippen molar-refractivity contribution in [2.24, 2.45) is 0 Å². The maximum Gasteiger partial charge on any atom is 0.0588 e. The molecule has 1 rings (SSSR count). The summed E-state index contributed by atoms with van der Waals surface area (Å²) in [4.78, 5) is 0. The second-order valence-electron chi connectivity index (χ2n) is 3.70. The average molecular weight is 183 g/mol. The lowest BCUT2D eigenvalue weighted by Crippen LogP contribution is -2.21. The predicted molar refractivity (Wildman–Crippen MR) is 55.9 cm³/mol. The normalized spacial score (nSPS) is 22.1. The van der Waals surface area contributed by atoms with Gasteiger partial charge in [0.15, 0.2) is 0 Å². The molecular formula is C11H21NO. The minimum atomic E-state index is 0.516. The van der Waals surface area contributed by atoms with Gasteiger partial charge in [-0.2, -0.15) is 0 Å². The van der Waals surface area contributed by atoms with Crippen molar-refractivity contribution in [3.05, 3.63) is 12.2 Å². The van der Waals surface area contributed by atoms with Crippen molar-refractivity contribution in [1.29, 1.82) is 0 Å². The predicted octanol–water partition coefficient (Wildman–Crippen LogP) is 2.11. The highest BCUT2D eigenvalue weighted by Gasteiger charge is 2.14. The quantitative estimate of drug-likeness (QED) is 0.503. The average Bonchev–Trinajstić information content (AvgIpc) is 2.64. The standard InChI is InChI=1S/C11H21NO/c1-3-10(2)9-12-7-6-11-5-4-8-13-11/h11-12H,2-9H2,1H3. The Labute approximate surface area is 81.4 Å². The number of hydrogen-bond acceptors (Lipinski definition) is 2. The fourth-order valence-electron chi connectivity index (χ4n) is 1.53. The van der Waals surface area contributed by atoms with Crippen molar-refractivity contribution in [1.82, 2.24) is 5.32 Å². The van der Waals surface area contributed by atoms with Crippen LogP contribution in [0.5, 0.6) is 0 Å². The lowest BCUT2D eigenvalue weighted by atomic mass is 10.2. The summed E-state index contributed by atoms with van der Waals surface area (Å²) < 4.78 is 5.52. The van der Waals surface area contributed by atoms with Gasteiger partial charge in [0.1, 0.15) is 0 Å². The van der Waals surface area contributed by atoms with Gasteiger partial charge in [-0.15, -0.1) is 0 Å². The first kappa shape index (κ1) is 10.7. The van der Waals surface area contributed by atoms with Gasteiger partial charge in [0.2, 0.25) is 0 Å². The van der Waals surface area contributed by atoms with Crippen molar-refractivity contribution in [2.45, 2.75) is 38.7 Å². The van der Waals surface area contributed by atoms with Gasteiger partial charge in [-0.3, -0.25) is 0 Å². The lowest BCUT2D eigenvalue weighted by molar-refractivity contribution is 0.104. The van der Waals surface area contributed by atoms with Crippen molar-refractivity contribution in [2.75, 3.05) is 19.7 Å². The van der Waals surface area contributed by atoms with E-state index in [1.165, 1.54) is 18.4 Å². The molecule has 1 aliphatic heterocycles. The minimum Gasteiger partial charge on any atom is -0.378 e. The highest BCUT2D eigenvalue weighted by Crippen LogP contribution is 2.14. The second kappa shape index (κ2) is 6.17. The van der Waals surface area contributed by atoms with E-state index >= 15 is 0 Å². The zero-order valence-corrected chi connectivity index (χ0v) is 8.64. The Morgan fingerprint density at radius 3 is 3.08 bits per heavy atom. The smallest absolute Gasteiger partial charge is 0.0588 e. The van der Waals surface area contributed by atoms with Gasteiger partial charge in [-0.05, 0) is 32.2 Å². The fraction of sp³-hybridized carbons (Fsp3) is 0.818. The molecule has 0 bridgehead atoms. The molecule has 1 saturated heterocycles. The SMILES string of the molecule is C=C(CC)CNCCC1CCCO1. The molecule has 0 spiro atoms. The first-order valence-electron chi connectivity index (χ1n) is 5.32. The minimum absolute atomic E-state index is 0.516. The van der Waals surface area contributed by atoms with Crippen molar-refractivity contribution in [3.63, 3.8) is 0 Å². The molecule has 1 atom stereocenters. The molecule has 1 unspecified atom stereocenters. The lowest BCUT2D eigenvalue weighted by Gasteiger charge is -2.10. The number of ether oxygens (including phenoxy) is 1. The molecule has 1 fully saturated rings. The first-order valence-corrected chi connectivity index (χ1v) is 5.32. The van der Waals surface area contributed by atoms with Crippen molar-refractivity contribution < 1.29 is 4.74 Å². The van der Waals surface area contributed by atoms with E-state index in [4.69, 9.17) is 4.74 Å². The zero-order chi connectivity index (χ0) is 9.52. The summed E-state index contributed by atoms with van der Waals surface area (Å²) in [6.45, 7) is 9.08. The largest absolute Gasteiger partial charge is 0.378 e. The summed E-state index contributed by atoms with van der Waals surface area (Å²) in [6, 6.07) is 0. The van der Waals surface area contributed by atoms with Gasteiger partial charge >= 0.3 is 0 Å². The Kier molecular flexibility index (Phi) is 5.09. The summed E-state index contributed by atoms with van der Waals surface area (Å²) in [6.07, 6.45) is 5.23. The van der Waals surface area contributed by atoms with Gasteiger partial charge in [-0.1, -0.05) is 19.1 Å². The molecule has 0 radical (unpaired) electrons. The van der Waals surface area contributed by atoms with Crippen LogP contribution in [0.1, 0.15) is 32.6 Å². The third-order valence-electron chi connectivity index (χ3n) is 2.54. The number of rotatable bonds is 6. The van der Waals surface area contributed by atoms with E-state index in [2.05, 4.69) is 18.8 Å². The van der Waals surface area contributed by atoms with Crippen LogP contribution in [-0.4, -0.2) is 25.8 Å². The maximum absolute atomic E-state index is 5.52. The van der Waals surface area contributed by atoms with E-state index in [1.807, 2.05) is 0 Å². The van der Waals surface area contributed by atoms with Crippen LogP contribution in [0, 0.1) is 0 Å². The van der Waals surface area contributed by atoms with E-state index in [9.17, 15) is 0 Å². The van der Waals surface area contributed by atoms with E-state index < -0.39 is 0 Å². The Morgan fingerprint density at radius 1 is 1.62 bits per heavy atom. The van der Waals surface area contributed by atoms with Crippen LogP contribution in [0.15, 0.2) is 12.2 Å². The molecule has 1 N–H and O–H groups in total. The van der Waals surface area contributed by atoms with E-state index in [0.717, 1.165) is 32.5 Å². The van der Waals surface area contributed by atoms with Gasteiger partial charge in [0.25, 0.3) is 0 Å². The summed E-state index contributed by atoms with van der Waals surface area (Å²) >= 11 is 0. The van der Waals surface area contributed by atoms with Crippen LogP contribution in [0.3, 0.4) is 0 Å². The summed E-state index contributed by atoms with van der Waals surface area (Å²) in [5.41, 5.74) is 1.28. The summed E-state index contributed by atoms with van der Waals surface area (Å²) in [7, 11) is 0.